The topological polar surface area (TPSA) is 81.0 Å². The zero-order chi connectivity index (χ0) is 25.7. The molecule has 0 aliphatic carbocycles. The Balaban J connectivity index is 1.34. The maximum atomic E-state index is 12.6. The highest BCUT2D eigenvalue weighted by atomic mass is 32.1. The number of nitrogens with one attached hydrogen (secondary N) is 2. The minimum atomic E-state index is -0.154. The minimum Gasteiger partial charge on any atom is -0.364 e. The molecule has 0 radical (unpaired) electrons. The summed E-state index contributed by atoms with van der Waals surface area (Å²) in [6, 6.07) is 10.1. The van der Waals surface area contributed by atoms with Crippen LogP contribution in [0.1, 0.15) is 34.1 Å². The second kappa shape index (κ2) is 11.6. The number of likely N-dealkylation sites (N-methyl/N-ethyl adjacent to an activating group) is 2. The third kappa shape index (κ3) is 6.74. The normalized spacial score (nSPS) is 15.4. The maximum absolute atomic E-state index is 12.6. The van der Waals surface area contributed by atoms with Gasteiger partial charge in [-0.15, -0.1) is 5.10 Å². The van der Waals surface area contributed by atoms with Gasteiger partial charge in [0.05, 0.1) is 6.54 Å². The fourth-order valence-corrected chi connectivity index (χ4v) is 5.22. The highest BCUT2D eigenvalue weighted by Gasteiger charge is 2.23. The van der Waals surface area contributed by atoms with E-state index in [2.05, 4.69) is 60.3 Å². The average molecular weight is 513 g/mol. The molecule has 3 aromatic rings. The van der Waals surface area contributed by atoms with Crippen molar-refractivity contribution in [1.29, 1.82) is 0 Å². The van der Waals surface area contributed by atoms with Crippen LogP contribution in [0.15, 0.2) is 30.3 Å². The van der Waals surface area contributed by atoms with Crippen molar-refractivity contribution in [3.8, 4) is 11.3 Å². The van der Waals surface area contributed by atoms with Gasteiger partial charge in [0, 0.05) is 50.9 Å². The number of rotatable bonds is 10. The molecule has 36 heavy (non-hydrogen) atoms. The minimum absolute atomic E-state index is 0.0131. The summed E-state index contributed by atoms with van der Waals surface area (Å²) < 4.78 is 1.86. The van der Waals surface area contributed by atoms with E-state index in [0.717, 1.165) is 72.9 Å². The Morgan fingerprint density at radius 3 is 2.47 bits per heavy atom. The zero-order valence-electron chi connectivity index (χ0n) is 22.3. The lowest BCUT2D eigenvalue weighted by Gasteiger charge is -2.33. The van der Waals surface area contributed by atoms with Crippen molar-refractivity contribution in [2.24, 2.45) is 0 Å². The van der Waals surface area contributed by atoms with Crippen LogP contribution in [0.5, 0.6) is 0 Å². The highest BCUT2D eigenvalue weighted by molar-refractivity contribution is 7.20. The van der Waals surface area contributed by atoms with E-state index < -0.39 is 0 Å². The van der Waals surface area contributed by atoms with Crippen molar-refractivity contribution in [1.82, 2.24) is 29.7 Å². The summed E-state index contributed by atoms with van der Waals surface area (Å²) in [4.78, 5) is 25.1. The standard InChI is InChI=1S/C26H40N8OS/c1-6-32-15-17-33(18-16-32)14-10-13-27-21(35)19-31(5)25-30-34-23(29-26(2,3)4)22(28-24(34)36-25)20-11-8-7-9-12-20/h7-9,11-12,29H,6,10,13-19H2,1-5H3,(H,27,35). The molecular formula is C26H40N8OS. The molecule has 2 N–H and O–H groups in total. The maximum Gasteiger partial charge on any atom is 0.239 e. The predicted molar refractivity (Wildman–Crippen MR) is 149 cm³/mol. The molecule has 10 heteroatoms. The van der Waals surface area contributed by atoms with E-state index >= 15 is 0 Å². The zero-order valence-corrected chi connectivity index (χ0v) is 23.1. The van der Waals surface area contributed by atoms with Gasteiger partial charge in [0.1, 0.15) is 5.69 Å². The number of anilines is 2. The number of hydrogen-bond donors (Lipinski definition) is 2. The van der Waals surface area contributed by atoms with Crippen molar-refractivity contribution in [2.75, 3.05) is 69.6 Å². The van der Waals surface area contributed by atoms with Crippen LogP contribution in [0.2, 0.25) is 0 Å². The monoisotopic (exact) mass is 512 g/mol. The molecule has 1 fully saturated rings. The molecule has 3 heterocycles. The van der Waals surface area contributed by atoms with Crippen LogP contribution >= 0.6 is 11.3 Å². The quantitative estimate of drug-likeness (QED) is 0.404. The number of amides is 1. The number of benzene rings is 1. The first-order chi connectivity index (χ1) is 17.2. The van der Waals surface area contributed by atoms with Crippen molar-refractivity contribution < 1.29 is 4.79 Å². The summed E-state index contributed by atoms with van der Waals surface area (Å²) in [5.74, 6) is 0.878. The van der Waals surface area contributed by atoms with Gasteiger partial charge < -0.3 is 25.3 Å². The Kier molecular flexibility index (Phi) is 8.48. The number of hydrogen-bond acceptors (Lipinski definition) is 8. The Morgan fingerprint density at radius 1 is 1.11 bits per heavy atom. The number of imidazole rings is 1. The largest absolute Gasteiger partial charge is 0.364 e. The van der Waals surface area contributed by atoms with Gasteiger partial charge in [0.25, 0.3) is 0 Å². The molecule has 0 atom stereocenters. The fraction of sp³-hybridized carbons (Fsp3) is 0.577. The molecule has 1 aromatic carbocycles. The van der Waals surface area contributed by atoms with Gasteiger partial charge in [-0.25, -0.2) is 4.98 Å². The number of nitrogens with zero attached hydrogens (tertiary/aromatic N) is 6. The van der Waals surface area contributed by atoms with Gasteiger partial charge in [-0.3, -0.25) is 4.79 Å². The molecule has 1 amide bonds. The summed E-state index contributed by atoms with van der Waals surface area (Å²) in [5.41, 5.74) is 1.77. The molecule has 1 aliphatic heterocycles. The molecule has 2 aromatic heterocycles. The van der Waals surface area contributed by atoms with Crippen molar-refractivity contribution >= 4 is 33.2 Å². The first-order valence-corrected chi connectivity index (χ1v) is 13.7. The number of aromatic nitrogens is 3. The molecule has 196 valence electrons. The second-order valence-electron chi connectivity index (χ2n) is 10.5. The van der Waals surface area contributed by atoms with Crippen LogP contribution in [-0.4, -0.2) is 95.2 Å². The molecule has 4 rings (SSSR count). The number of piperazine rings is 1. The van der Waals surface area contributed by atoms with Crippen molar-refractivity contribution in [3.63, 3.8) is 0 Å². The summed E-state index contributed by atoms with van der Waals surface area (Å²) >= 11 is 1.49. The van der Waals surface area contributed by atoms with Crippen LogP contribution < -0.4 is 15.5 Å². The van der Waals surface area contributed by atoms with Gasteiger partial charge >= 0.3 is 0 Å². The van der Waals surface area contributed by atoms with Gasteiger partial charge in [-0.1, -0.05) is 48.6 Å². The van der Waals surface area contributed by atoms with E-state index in [4.69, 9.17) is 10.1 Å². The van der Waals surface area contributed by atoms with Crippen LogP contribution in [-0.2, 0) is 4.79 Å². The molecule has 1 saturated heterocycles. The molecule has 0 spiro atoms. The van der Waals surface area contributed by atoms with E-state index in [1.54, 1.807) is 0 Å². The molecule has 1 aliphatic rings. The van der Waals surface area contributed by atoms with Crippen molar-refractivity contribution in [3.05, 3.63) is 30.3 Å². The van der Waals surface area contributed by atoms with Crippen LogP contribution in [0.25, 0.3) is 16.2 Å². The Morgan fingerprint density at radius 2 is 1.81 bits per heavy atom. The van der Waals surface area contributed by atoms with Crippen LogP contribution in [0, 0.1) is 0 Å². The van der Waals surface area contributed by atoms with Crippen LogP contribution in [0.3, 0.4) is 0 Å². The smallest absolute Gasteiger partial charge is 0.239 e. The first kappa shape index (κ1) is 26.4. The van der Waals surface area contributed by atoms with E-state index in [1.165, 1.54) is 11.3 Å². The van der Waals surface area contributed by atoms with Gasteiger partial charge in [0.2, 0.25) is 16.0 Å². The van der Waals surface area contributed by atoms with E-state index in [-0.39, 0.29) is 18.0 Å². The number of fused-ring (bicyclic) bond motifs is 1. The predicted octanol–water partition coefficient (Wildman–Crippen LogP) is 3.25. The lowest BCUT2D eigenvalue weighted by atomic mass is 10.1. The van der Waals surface area contributed by atoms with Crippen molar-refractivity contribution in [2.45, 2.75) is 39.7 Å². The first-order valence-electron chi connectivity index (χ1n) is 12.9. The third-order valence-corrected chi connectivity index (χ3v) is 7.35. The van der Waals surface area contributed by atoms with E-state index in [0.29, 0.717) is 6.54 Å². The van der Waals surface area contributed by atoms with E-state index in [9.17, 15) is 4.79 Å². The highest BCUT2D eigenvalue weighted by Crippen LogP contribution is 2.34. The van der Waals surface area contributed by atoms with Gasteiger partial charge in [-0.2, -0.15) is 4.52 Å². The third-order valence-electron chi connectivity index (χ3n) is 6.33. The summed E-state index contributed by atoms with van der Waals surface area (Å²) in [5, 5.41) is 12.2. The van der Waals surface area contributed by atoms with Crippen LogP contribution in [0.4, 0.5) is 10.9 Å². The Hall–Kier alpha value is -2.69. The lowest BCUT2D eigenvalue weighted by Crippen LogP contribution is -2.46. The fourth-order valence-electron chi connectivity index (χ4n) is 4.36. The number of carbonyl (C=O) groups is 1. The summed E-state index contributed by atoms with van der Waals surface area (Å²) in [6.45, 7) is 16.2. The summed E-state index contributed by atoms with van der Waals surface area (Å²) in [7, 11) is 1.90. The molecule has 0 saturated carbocycles. The number of carbonyl (C=O) groups excluding carboxylic acids is 1. The van der Waals surface area contributed by atoms with Gasteiger partial charge in [0.15, 0.2) is 5.82 Å². The Bertz CT molecular complexity index is 1130. The molecule has 0 bridgehead atoms. The summed E-state index contributed by atoms with van der Waals surface area (Å²) in [6.07, 6.45) is 0.969. The molecule has 9 nitrogen and oxygen atoms in total. The SMILES string of the molecule is CCN1CCN(CCCNC(=O)CN(C)c2nn3c(NC(C)(C)C)c(-c4ccccc4)nc3s2)CC1. The average Bonchev–Trinajstić information content (AvgIpc) is 3.41. The second-order valence-corrected chi connectivity index (χ2v) is 11.4. The lowest BCUT2D eigenvalue weighted by molar-refractivity contribution is -0.119. The molecule has 0 unspecified atom stereocenters. The van der Waals surface area contributed by atoms with Gasteiger partial charge in [-0.05, 0) is 40.3 Å². The molecular weight excluding hydrogens is 472 g/mol. The van der Waals surface area contributed by atoms with E-state index in [1.807, 2.05) is 34.7 Å². The Labute approximate surface area is 218 Å².